The van der Waals surface area contributed by atoms with Crippen LogP contribution < -0.4 is 10.1 Å². The normalized spacial score (nSPS) is 11.8. The SMILES string of the molecule is CNC(=O)C(C)N(Cc1c(Cl)cccc1Cl)C(=O)COc1ccc2ccccc2c1Br. The number of rotatable bonds is 7. The number of benzene rings is 3. The topological polar surface area (TPSA) is 58.6 Å². The van der Waals surface area contributed by atoms with Crippen molar-refractivity contribution in [2.75, 3.05) is 13.7 Å². The minimum absolute atomic E-state index is 0.0776. The first kappa shape index (κ1) is 23.4. The van der Waals surface area contributed by atoms with Gasteiger partial charge in [0.25, 0.3) is 5.91 Å². The van der Waals surface area contributed by atoms with E-state index < -0.39 is 6.04 Å². The number of hydrogen-bond donors (Lipinski definition) is 1. The summed E-state index contributed by atoms with van der Waals surface area (Å²) in [7, 11) is 1.52. The molecule has 0 fully saturated rings. The van der Waals surface area contributed by atoms with E-state index in [2.05, 4.69) is 21.2 Å². The second-order valence-electron chi connectivity index (χ2n) is 6.90. The average Bonchev–Trinajstić information content (AvgIpc) is 2.77. The smallest absolute Gasteiger partial charge is 0.261 e. The maximum absolute atomic E-state index is 13.1. The number of ether oxygens (including phenoxy) is 1. The number of amides is 2. The fourth-order valence-corrected chi connectivity index (χ4v) is 4.32. The van der Waals surface area contributed by atoms with Crippen molar-refractivity contribution >= 4 is 61.7 Å². The first-order valence-corrected chi connectivity index (χ1v) is 11.1. The van der Waals surface area contributed by atoms with Gasteiger partial charge in [-0.25, -0.2) is 0 Å². The number of nitrogens with zero attached hydrogens (tertiary/aromatic N) is 1. The summed E-state index contributed by atoms with van der Waals surface area (Å²) in [5.74, 6) is -0.133. The van der Waals surface area contributed by atoms with Crippen molar-refractivity contribution in [3.05, 3.63) is 74.7 Å². The quantitative estimate of drug-likeness (QED) is 0.448. The van der Waals surface area contributed by atoms with E-state index in [1.807, 2.05) is 30.3 Å². The van der Waals surface area contributed by atoms with Crippen LogP contribution in [0, 0.1) is 0 Å². The largest absolute Gasteiger partial charge is 0.483 e. The third-order valence-corrected chi connectivity index (χ3v) is 6.51. The Hall–Kier alpha value is -2.28. The van der Waals surface area contributed by atoms with E-state index in [0.29, 0.717) is 21.4 Å². The molecule has 0 saturated carbocycles. The molecule has 0 radical (unpaired) electrons. The molecule has 1 unspecified atom stereocenters. The van der Waals surface area contributed by atoms with Crippen molar-refractivity contribution in [2.45, 2.75) is 19.5 Å². The van der Waals surface area contributed by atoms with Crippen LogP contribution >= 0.6 is 39.1 Å². The van der Waals surface area contributed by atoms with Gasteiger partial charge in [-0.15, -0.1) is 0 Å². The highest BCUT2D eigenvalue weighted by molar-refractivity contribution is 9.10. The second-order valence-corrected chi connectivity index (χ2v) is 8.51. The lowest BCUT2D eigenvalue weighted by atomic mass is 10.1. The molecule has 8 heteroatoms. The van der Waals surface area contributed by atoms with Crippen molar-refractivity contribution in [1.29, 1.82) is 0 Å². The lowest BCUT2D eigenvalue weighted by Crippen LogP contribution is -2.48. The Morgan fingerprint density at radius 2 is 1.74 bits per heavy atom. The summed E-state index contributed by atoms with van der Waals surface area (Å²) in [6, 6.07) is 15.9. The minimum atomic E-state index is -0.742. The van der Waals surface area contributed by atoms with E-state index in [1.165, 1.54) is 11.9 Å². The number of nitrogens with one attached hydrogen (secondary N) is 1. The predicted molar refractivity (Wildman–Crippen MR) is 128 cm³/mol. The van der Waals surface area contributed by atoms with E-state index in [9.17, 15) is 9.59 Å². The Labute approximate surface area is 199 Å². The molecule has 0 heterocycles. The van der Waals surface area contributed by atoms with E-state index in [1.54, 1.807) is 31.2 Å². The molecule has 0 aliphatic heterocycles. The zero-order chi connectivity index (χ0) is 22.5. The maximum atomic E-state index is 13.1. The Morgan fingerprint density at radius 1 is 1.06 bits per heavy atom. The molecule has 0 saturated heterocycles. The van der Waals surface area contributed by atoms with Crippen LogP contribution in [0.4, 0.5) is 0 Å². The molecule has 0 spiro atoms. The van der Waals surface area contributed by atoms with Crippen LogP contribution in [0.3, 0.4) is 0 Å². The highest BCUT2D eigenvalue weighted by Gasteiger charge is 2.27. The summed E-state index contributed by atoms with van der Waals surface area (Å²) >= 11 is 16.1. The fraction of sp³-hybridized carbons (Fsp3) is 0.217. The van der Waals surface area contributed by atoms with Gasteiger partial charge in [0.2, 0.25) is 5.91 Å². The molecule has 1 atom stereocenters. The van der Waals surface area contributed by atoms with Crippen LogP contribution in [0.5, 0.6) is 5.75 Å². The molecule has 3 rings (SSSR count). The van der Waals surface area contributed by atoms with Crippen molar-refractivity contribution in [3.8, 4) is 5.75 Å². The minimum Gasteiger partial charge on any atom is -0.483 e. The highest BCUT2D eigenvalue weighted by atomic mass is 79.9. The summed E-state index contributed by atoms with van der Waals surface area (Å²) in [5.41, 5.74) is 0.571. The molecule has 0 aliphatic rings. The van der Waals surface area contributed by atoms with E-state index in [4.69, 9.17) is 27.9 Å². The highest BCUT2D eigenvalue weighted by Crippen LogP contribution is 2.33. The Bertz CT molecular complexity index is 1100. The molecule has 0 aliphatic carbocycles. The number of halogens is 3. The molecule has 5 nitrogen and oxygen atoms in total. The average molecular weight is 524 g/mol. The number of carbonyl (C=O) groups is 2. The van der Waals surface area contributed by atoms with E-state index in [-0.39, 0.29) is 25.0 Å². The summed E-state index contributed by atoms with van der Waals surface area (Å²) in [5, 5.41) is 5.45. The van der Waals surface area contributed by atoms with Gasteiger partial charge in [0.05, 0.1) is 4.47 Å². The molecular formula is C23H21BrCl2N2O3. The van der Waals surface area contributed by atoms with Crippen LogP contribution in [-0.4, -0.2) is 36.4 Å². The Balaban J connectivity index is 1.83. The lowest BCUT2D eigenvalue weighted by Gasteiger charge is -2.29. The first-order valence-electron chi connectivity index (χ1n) is 9.57. The van der Waals surface area contributed by atoms with Crippen molar-refractivity contribution in [2.24, 2.45) is 0 Å². The van der Waals surface area contributed by atoms with Crippen molar-refractivity contribution < 1.29 is 14.3 Å². The lowest BCUT2D eigenvalue weighted by molar-refractivity contribution is -0.142. The molecular weight excluding hydrogens is 503 g/mol. The van der Waals surface area contributed by atoms with Gasteiger partial charge in [-0.1, -0.05) is 59.6 Å². The molecule has 0 bridgehead atoms. The Morgan fingerprint density at radius 3 is 2.42 bits per heavy atom. The zero-order valence-electron chi connectivity index (χ0n) is 17.0. The van der Waals surface area contributed by atoms with Crippen LogP contribution in [-0.2, 0) is 16.1 Å². The number of fused-ring (bicyclic) bond motifs is 1. The van der Waals surface area contributed by atoms with Gasteiger partial charge in [0.1, 0.15) is 11.8 Å². The second kappa shape index (κ2) is 10.4. The number of carbonyl (C=O) groups excluding carboxylic acids is 2. The van der Waals surface area contributed by atoms with Crippen molar-refractivity contribution in [3.63, 3.8) is 0 Å². The first-order chi connectivity index (χ1) is 14.8. The third-order valence-electron chi connectivity index (χ3n) is 4.98. The Kier molecular flexibility index (Phi) is 7.81. The molecule has 31 heavy (non-hydrogen) atoms. The summed E-state index contributed by atoms with van der Waals surface area (Å²) in [6.07, 6.45) is 0. The van der Waals surface area contributed by atoms with E-state index >= 15 is 0 Å². The van der Waals surface area contributed by atoms with Gasteiger partial charge in [0, 0.05) is 29.2 Å². The third kappa shape index (κ3) is 5.32. The monoisotopic (exact) mass is 522 g/mol. The molecule has 3 aromatic carbocycles. The fourth-order valence-electron chi connectivity index (χ4n) is 3.19. The summed E-state index contributed by atoms with van der Waals surface area (Å²) < 4.78 is 6.58. The summed E-state index contributed by atoms with van der Waals surface area (Å²) in [4.78, 5) is 26.8. The standard InChI is InChI=1S/C23H21BrCl2N2O3/c1-14(23(30)27-2)28(12-17-18(25)8-5-9-19(17)26)21(29)13-31-20-11-10-15-6-3-4-7-16(15)22(20)24/h3-11,14H,12-13H2,1-2H3,(H,27,30). The van der Waals surface area contributed by atoms with Gasteiger partial charge >= 0.3 is 0 Å². The van der Waals surface area contributed by atoms with Crippen LogP contribution in [0.15, 0.2) is 59.1 Å². The number of likely N-dealkylation sites (N-methyl/N-ethyl adjacent to an activating group) is 1. The molecule has 3 aromatic rings. The maximum Gasteiger partial charge on any atom is 0.261 e. The molecule has 2 amide bonds. The van der Waals surface area contributed by atoms with Gasteiger partial charge in [-0.3, -0.25) is 9.59 Å². The van der Waals surface area contributed by atoms with Gasteiger partial charge in [-0.2, -0.15) is 0 Å². The zero-order valence-corrected chi connectivity index (χ0v) is 20.1. The van der Waals surface area contributed by atoms with Gasteiger partial charge < -0.3 is 15.0 Å². The van der Waals surface area contributed by atoms with Crippen molar-refractivity contribution in [1.82, 2.24) is 10.2 Å². The van der Waals surface area contributed by atoms with Crippen LogP contribution in [0.25, 0.3) is 10.8 Å². The van der Waals surface area contributed by atoms with Gasteiger partial charge in [-0.05, 0) is 51.8 Å². The van der Waals surface area contributed by atoms with Crippen LogP contribution in [0.2, 0.25) is 10.0 Å². The van der Waals surface area contributed by atoms with Crippen LogP contribution in [0.1, 0.15) is 12.5 Å². The predicted octanol–water partition coefficient (Wildman–Crippen LogP) is 5.45. The van der Waals surface area contributed by atoms with Gasteiger partial charge in [0.15, 0.2) is 6.61 Å². The molecule has 1 N–H and O–H groups in total. The molecule has 0 aromatic heterocycles. The van der Waals surface area contributed by atoms with E-state index in [0.717, 1.165) is 15.2 Å². The summed E-state index contributed by atoms with van der Waals surface area (Å²) in [6.45, 7) is 1.47. The number of hydrogen-bond acceptors (Lipinski definition) is 3. The molecule has 162 valence electrons.